The molecule has 0 radical (unpaired) electrons. The maximum absolute atomic E-state index is 12.1. The number of hydrogen-bond donors (Lipinski definition) is 1. The van der Waals surface area contributed by atoms with Gasteiger partial charge >= 0.3 is 0 Å². The highest BCUT2D eigenvalue weighted by molar-refractivity contribution is 7.10. The molecule has 1 atom stereocenters. The van der Waals surface area contributed by atoms with E-state index in [9.17, 15) is 4.79 Å². The Labute approximate surface area is 128 Å². The van der Waals surface area contributed by atoms with Gasteiger partial charge in [0.2, 0.25) is 5.91 Å². The van der Waals surface area contributed by atoms with E-state index in [4.69, 9.17) is 0 Å². The van der Waals surface area contributed by atoms with Crippen molar-refractivity contribution in [2.45, 2.75) is 33.0 Å². The molecule has 2 aromatic heterocycles. The smallest absolute Gasteiger partial charge is 0.237 e. The third-order valence-electron chi connectivity index (χ3n) is 3.42. The molecule has 108 valence electrons. The zero-order valence-corrected chi connectivity index (χ0v) is 13.7. The summed E-state index contributed by atoms with van der Waals surface area (Å²) < 4.78 is 0. The summed E-state index contributed by atoms with van der Waals surface area (Å²) in [5, 5.41) is 7.11. The van der Waals surface area contributed by atoms with Crippen molar-refractivity contribution in [3.05, 3.63) is 44.3 Å². The van der Waals surface area contributed by atoms with Gasteiger partial charge in [-0.3, -0.25) is 9.69 Å². The van der Waals surface area contributed by atoms with E-state index in [1.165, 1.54) is 15.3 Å². The van der Waals surface area contributed by atoms with Crippen molar-refractivity contribution >= 4 is 28.6 Å². The minimum atomic E-state index is -0.128. The van der Waals surface area contributed by atoms with E-state index in [0.717, 1.165) is 6.54 Å². The highest BCUT2D eigenvalue weighted by Crippen LogP contribution is 2.18. The molecule has 0 saturated carbocycles. The Morgan fingerprint density at radius 1 is 1.35 bits per heavy atom. The van der Waals surface area contributed by atoms with Crippen molar-refractivity contribution in [1.29, 1.82) is 0 Å². The fraction of sp³-hybridized carbons (Fsp3) is 0.400. The second-order valence-electron chi connectivity index (χ2n) is 4.92. The average molecular weight is 308 g/mol. The number of aryl methyl sites for hydroxylation is 1. The van der Waals surface area contributed by atoms with Gasteiger partial charge in [-0.2, -0.15) is 0 Å². The number of hydrogen-bond acceptors (Lipinski definition) is 4. The highest BCUT2D eigenvalue weighted by atomic mass is 32.1. The molecule has 0 aliphatic rings. The quantitative estimate of drug-likeness (QED) is 0.888. The largest absolute Gasteiger partial charge is 0.350 e. The normalized spacial score (nSPS) is 12.6. The highest BCUT2D eigenvalue weighted by Gasteiger charge is 2.18. The summed E-state index contributed by atoms with van der Waals surface area (Å²) in [4.78, 5) is 16.7. The maximum atomic E-state index is 12.1. The first-order chi connectivity index (χ1) is 9.58. The fourth-order valence-electron chi connectivity index (χ4n) is 1.86. The first-order valence-electron chi connectivity index (χ1n) is 6.61. The van der Waals surface area contributed by atoms with Gasteiger partial charge < -0.3 is 5.32 Å². The lowest BCUT2D eigenvalue weighted by atomic mass is 10.2. The van der Waals surface area contributed by atoms with E-state index in [1.807, 2.05) is 31.5 Å². The molecule has 2 rings (SSSR count). The van der Waals surface area contributed by atoms with Crippen molar-refractivity contribution in [2.75, 3.05) is 7.05 Å². The summed E-state index contributed by atoms with van der Waals surface area (Å²) in [5.41, 5.74) is 1.30. The van der Waals surface area contributed by atoms with Crippen LogP contribution in [0.3, 0.4) is 0 Å². The van der Waals surface area contributed by atoms with Crippen LogP contribution in [0.2, 0.25) is 0 Å². The Morgan fingerprint density at radius 2 is 2.15 bits per heavy atom. The van der Waals surface area contributed by atoms with Gasteiger partial charge in [-0.05, 0) is 49.4 Å². The van der Waals surface area contributed by atoms with Crippen molar-refractivity contribution in [1.82, 2.24) is 10.2 Å². The van der Waals surface area contributed by atoms with E-state index >= 15 is 0 Å². The van der Waals surface area contributed by atoms with Crippen LogP contribution in [0.25, 0.3) is 0 Å². The molecule has 3 nitrogen and oxygen atoms in total. The van der Waals surface area contributed by atoms with Crippen molar-refractivity contribution in [3.63, 3.8) is 0 Å². The molecule has 0 aliphatic heterocycles. The number of rotatable bonds is 6. The van der Waals surface area contributed by atoms with Gasteiger partial charge in [0.1, 0.15) is 0 Å². The van der Waals surface area contributed by atoms with Crippen molar-refractivity contribution in [2.24, 2.45) is 0 Å². The summed E-state index contributed by atoms with van der Waals surface area (Å²) in [6, 6.07) is 6.03. The Balaban J connectivity index is 1.84. The van der Waals surface area contributed by atoms with Gasteiger partial charge in [0.05, 0.1) is 12.6 Å². The van der Waals surface area contributed by atoms with Crippen LogP contribution in [0.15, 0.2) is 29.0 Å². The average Bonchev–Trinajstić information content (AvgIpc) is 3.07. The van der Waals surface area contributed by atoms with Crippen molar-refractivity contribution < 1.29 is 4.79 Å². The molecule has 0 aromatic carbocycles. The number of carbonyl (C=O) groups excluding carboxylic acids is 1. The topological polar surface area (TPSA) is 32.3 Å². The van der Waals surface area contributed by atoms with Crippen LogP contribution in [0.4, 0.5) is 0 Å². The zero-order chi connectivity index (χ0) is 14.5. The number of carbonyl (C=O) groups is 1. The van der Waals surface area contributed by atoms with Crippen LogP contribution in [0.1, 0.15) is 22.2 Å². The molecule has 0 aliphatic carbocycles. The summed E-state index contributed by atoms with van der Waals surface area (Å²) in [6.45, 7) is 5.50. The van der Waals surface area contributed by atoms with Gasteiger partial charge in [0, 0.05) is 16.3 Å². The number of likely N-dealkylation sites (N-methyl/N-ethyl adjacent to an activating group) is 1. The van der Waals surface area contributed by atoms with E-state index in [0.29, 0.717) is 6.54 Å². The Hall–Kier alpha value is -1.17. The second-order valence-corrected chi connectivity index (χ2v) is 6.95. The standard InChI is InChI=1S/C15H20N2OS2/c1-11-6-8-20-14(11)10-17(3)12(2)15(18)16-9-13-5-4-7-19-13/h4-8,12H,9-10H2,1-3H3,(H,16,18). The first-order valence-corrected chi connectivity index (χ1v) is 8.37. The van der Waals surface area contributed by atoms with E-state index in [-0.39, 0.29) is 11.9 Å². The van der Waals surface area contributed by atoms with Crippen molar-refractivity contribution in [3.8, 4) is 0 Å². The minimum Gasteiger partial charge on any atom is -0.350 e. The third kappa shape index (κ3) is 3.91. The minimum absolute atomic E-state index is 0.0788. The van der Waals surface area contributed by atoms with Gasteiger partial charge in [0.15, 0.2) is 0 Å². The van der Waals surface area contributed by atoms with Crippen LogP contribution >= 0.6 is 22.7 Å². The molecule has 0 fully saturated rings. The maximum Gasteiger partial charge on any atom is 0.237 e. The predicted molar refractivity (Wildman–Crippen MR) is 86.2 cm³/mol. The summed E-state index contributed by atoms with van der Waals surface area (Å²) in [7, 11) is 1.99. The lowest BCUT2D eigenvalue weighted by molar-refractivity contribution is -0.125. The Morgan fingerprint density at radius 3 is 2.75 bits per heavy atom. The van der Waals surface area contributed by atoms with Crippen LogP contribution in [-0.4, -0.2) is 23.9 Å². The van der Waals surface area contributed by atoms with Crippen LogP contribution in [0, 0.1) is 6.92 Å². The summed E-state index contributed by atoms with van der Waals surface area (Å²) >= 11 is 3.41. The molecule has 2 aromatic rings. The molecule has 1 amide bonds. The molecule has 1 N–H and O–H groups in total. The van der Waals surface area contributed by atoms with E-state index in [1.54, 1.807) is 22.7 Å². The molecule has 0 bridgehead atoms. The van der Waals surface area contributed by atoms with Gasteiger partial charge in [-0.1, -0.05) is 6.07 Å². The molecule has 5 heteroatoms. The molecule has 1 unspecified atom stereocenters. The van der Waals surface area contributed by atoms with Crippen LogP contribution in [-0.2, 0) is 17.9 Å². The van der Waals surface area contributed by atoms with Crippen LogP contribution < -0.4 is 5.32 Å². The number of nitrogens with zero attached hydrogens (tertiary/aromatic N) is 1. The molecule has 20 heavy (non-hydrogen) atoms. The number of thiophene rings is 2. The lowest BCUT2D eigenvalue weighted by Gasteiger charge is -2.23. The summed E-state index contributed by atoms with van der Waals surface area (Å²) in [5.74, 6) is 0.0788. The molecule has 0 saturated heterocycles. The fourth-order valence-corrected chi connectivity index (χ4v) is 3.48. The Kier molecular flexibility index (Phi) is 5.34. The molecule has 2 heterocycles. The van der Waals surface area contributed by atoms with Gasteiger partial charge in [-0.25, -0.2) is 0 Å². The molecule has 0 spiro atoms. The summed E-state index contributed by atoms with van der Waals surface area (Å²) in [6.07, 6.45) is 0. The van der Waals surface area contributed by atoms with E-state index in [2.05, 4.69) is 28.6 Å². The molecular formula is C15H20N2OS2. The monoisotopic (exact) mass is 308 g/mol. The lowest BCUT2D eigenvalue weighted by Crippen LogP contribution is -2.42. The van der Waals surface area contributed by atoms with Gasteiger partial charge in [-0.15, -0.1) is 22.7 Å². The van der Waals surface area contributed by atoms with E-state index < -0.39 is 0 Å². The zero-order valence-electron chi connectivity index (χ0n) is 12.1. The number of nitrogens with one attached hydrogen (secondary N) is 1. The SMILES string of the molecule is Cc1ccsc1CN(C)C(C)C(=O)NCc1cccs1. The van der Waals surface area contributed by atoms with Gasteiger partial charge in [0.25, 0.3) is 0 Å². The first kappa shape index (κ1) is 15.2. The number of amides is 1. The Bertz CT molecular complexity index is 548. The van der Waals surface area contributed by atoms with Crippen LogP contribution in [0.5, 0.6) is 0 Å². The molecular weight excluding hydrogens is 288 g/mol. The predicted octanol–water partition coefficient (Wildman–Crippen LogP) is 3.25. The third-order valence-corrected chi connectivity index (χ3v) is 5.30. The second kappa shape index (κ2) is 7.02.